The van der Waals surface area contributed by atoms with Gasteiger partial charge in [-0.2, -0.15) is 0 Å². The zero-order chi connectivity index (χ0) is 11.6. The highest BCUT2D eigenvalue weighted by Crippen LogP contribution is 2.33. The predicted octanol–water partition coefficient (Wildman–Crippen LogP) is 3.05. The van der Waals surface area contributed by atoms with Crippen molar-refractivity contribution in [2.24, 2.45) is 11.1 Å². The van der Waals surface area contributed by atoms with Crippen molar-refractivity contribution in [2.45, 2.75) is 33.7 Å². The van der Waals surface area contributed by atoms with Crippen molar-refractivity contribution in [1.82, 2.24) is 0 Å². The van der Waals surface area contributed by atoms with Gasteiger partial charge in [0, 0.05) is 6.04 Å². The number of aryl methyl sites for hydroxylation is 1. The Morgan fingerprint density at radius 2 is 1.87 bits per heavy atom. The average Bonchev–Trinajstić information content (AvgIpc) is 2.15. The fraction of sp³-hybridized carbons (Fsp3) is 0.538. The summed E-state index contributed by atoms with van der Waals surface area (Å²) in [5.41, 5.74) is 8.70. The van der Waals surface area contributed by atoms with E-state index in [1.165, 1.54) is 11.1 Å². The number of rotatable bonds is 2. The van der Waals surface area contributed by atoms with Crippen molar-refractivity contribution >= 4 is 0 Å². The summed E-state index contributed by atoms with van der Waals surface area (Å²) < 4.78 is 5.17. The minimum Gasteiger partial charge on any atom is -0.497 e. The first kappa shape index (κ1) is 12.1. The molecule has 2 nitrogen and oxygen atoms in total. The summed E-state index contributed by atoms with van der Waals surface area (Å²) >= 11 is 0. The number of nitrogens with two attached hydrogens (primary N) is 1. The van der Waals surface area contributed by atoms with E-state index in [2.05, 4.69) is 33.8 Å². The lowest BCUT2D eigenvalue weighted by Crippen LogP contribution is -2.26. The van der Waals surface area contributed by atoms with Crippen LogP contribution in [0.5, 0.6) is 5.75 Å². The first-order chi connectivity index (χ1) is 6.86. The number of ether oxygens (including phenoxy) is 1. The molecule has 0 heterocycles. The fourth-order valence-corrected chi connectivity index (χ4v) is 1.59. The highest BCUT2D eigenvalue weighted by atomic mass is 16.5. The summed E-state index contributed by atoms with van der Waals surface area (Å²) in [5.74, 6) is 0.886. The van der Waals surface area contributed by atoms with Crippen molar-refractivity contribution in [3.63, 3.8) is 0 Å². The van der Waals surface area contributed by atoms with Gasteiger partial charge < -0.3 is 10.5 Å². The van der Waals surface area contributed by atoms with Gasteiger partial charge in [-0.1, -0.05) is 26.8 Å². The van der Waals surface area contributed by atoms with Crippen LogP contribution < -0.4 is 10.5 Å². The van der Waals surface area contributed by atoms with Gasteiger partial charge in [0.15, 0.2) is 0 Å². The maximum Gasteiger partial charge on any atom is 0.119 e. The molecule has 0 radical (unpaired) electrons. The molecule has 2 heteroatoms. The third kappa shape index (κ3) is 2.72. The van der Waals surface area contributed by atoms with Crippen LogP contribution >= 0.6 is 0 Å². The Morgan fingerprint density at radius 3 is 2.27 bits per heavy atom. The Balaban J connectivity index is 3.06. The maximum absolute atomic E-state index is 6.22. The minimum absolute atomic E-state index is 0.0587. The van der Waals surface area contributed by atoms with E-state index >= 15 is 0 Å². The van der Waals surface area contributed by atoms with E-state index in [1.807, 2.05) is 12.1 Å². The molecule has 0 aliphatic heterocycles. The van der Waals surface area contributed by atoms with Crippen LogP contribution in [-0.4, -0.2) is 7.11 Å². The zero-order valence-corrected chi connectivity index (χ0v) is 10.3. The second-order valence-electron chi connectivity index (χ2n) is 5.07. The third-order valence-electron chi connectivity index (χ3n) is 2.75. The number of hydrogen-bond donors (Lipinski definition) is 1. The predicted molar refractivity (Wildman–Crippen MR) is 64.1 cm³/mol. The fourth-order valence-electron chi connectivity index (χ4n) is 1.59. The third-order valence-corrected chi connectivity index (χ3v) is 2.75. The molecule has 0 saturated heterocycles. The smallest absolute Gasteiger partial charge is 0.119 e. The van der Waals surface area contributed by atoms with E-state index in [4.69, 9.17) is 10.5 Å². The molecule has 2 N–H and O–H groups in total. The first-order valence-corrected chi connectivity index (χ1v) is 5.26. The Morgan fingerprint density at radius 1 is 1.27 bits per heavy atom. The largest absolute Gasteiger partial charge is 0.497 e. The molecular formula is C13H21NO. The highest BCUT2D eigenvalue weighted by molar-refractivity contribution is 5.37. The second kappa shape index (κ2) is 4.23. The molecule has 0 fully saturated rings. The molecule has 1 atom stereocenters. The summed E-state index contributed by atoms with van der Waals surface area (Å²) in [4.78, 5) is 0. The van der Waals surface area contributed by atoms with E-state index in [9.17, 15) is 0 Å². The van der Waals surface area contributed by atoms with E-state index in [0.29, 0.717) is 0 Å². The number of benzene rings is 1. The van der Waals surface area contributed by atoms with E-state index in [-0.39, 0.29) is 11.5 Å². The van der Waals surface area contributed by atoms with Crippen molar-refractivity contribution in [1.29, 1.82) is 0 Å². The van der Waals surface area contributed by atoms with Crippen LogP contribution in [0.25, 0.3) is 0 Å². The molecule has 1 unspecified atom stereocenters. The molecule has 0 spiro atoms. The molecule has 0 saturated carbocycles. The van der Waals surface area contributed by atoms with Crippen LogP contribution in [0.3, 0.4) is 0 Å². The van der Waals surface area contributed by atoms with E-state index in [0.717, 1.165) is 5.75 Å². The maximum atomic E-state index is 6.22. The Kier molecular flexibility index (Phi) is 3.40. The van der Waals surface area contributed by atoms with Crippen LogP contribution in [0.2, 0.25) is 0 Å². The summed E-state index contributed by atoms with van der Waals surface area (Å²) in [7, 11) is 1.68. The average molecular weight is 207 g/mol. The molecule has 15 heavy (non-hydrogen) atoms. The second-order valence-corrected chi connectivity index (χ2v) is 5.07. The summed E-state index contributed by atoms with van der Waals surface area (Å²) in [6.07, 6.45) is 0. The van der Waals surface area contributed by atoms with Gasteiger partial charge in [0.1, 0.15) is 5.75 Å². The Labute approximate surface area is 92.4 Å². The van der Waals surface area contributed by atoms with Crippen molar-refractivity contribution in [3.8, 4) is 5.75 Å². The monoisotopic (exact) mass is 207 g/mol. The van der Waals surface area contributed by atoms with Gasteiger partial charge in [-0.05, 0) is 35.6 Å². The SMILES string of the molecule is COc1ccc(C(N)C(C)(C)C)c(C)c1. The summed E-state index contributed by atoms with van der Waals surface area (Å²) in [6.45, 7) is 8.54. The van der Waals surface area contributed by atoms with Crippen LogP contribution in [0.4, 0.5) is 0 Å². The van der Waals surface area contributed by atoms with Crippen molar-refractivity contribution in [2.75, 3.05) is 7.11 Å². The van der Waals surface area contributed by atoms with Gasteiger partial charge in [-0.15, -0.1) is 0 Å². The molecular weight excluding hydrogens is 186 g/mol. The molecule has 0 bridgehead atoms. The lowest BCUT2D eigenvalue weighted by atomic mass is 9.81. The van der Waals surface area contributed by atoms with Crippen LogP contribution in [0, 0.1) is 12.3 Å². The minimum atomic E-state index is 0.0587. The highest BCUT2D eigenvalue weighted by Gasteiger charge is 2.23. The van der Waals surface area contributed by atoms with Gasteiger partial charge in [0.25, 0.3) is 0 Å². The lowest BCUT2D eigenvalue weighted by molar-refractivity contribution is 0.325. The molecule has 1 rings (SSSR count). The first-order valence-electron chi connectivity index (χ1n) is 5.26. The normalized spacial score (nSPS) is 13.7. The zero-order valence-electron chi connectivity index (χ0n) is 10.3. The Hall–Kier alpha value is -1.02. The molecule has 0 amide bonds. The van der Waals surface area contributed by atoms with Crippen molar-refractivity contribution in [3.05, 3.63) is 29.3 Å². The van der Waals surface area contributed by atoms with Crippen molar-refractivity contribution < 1.29 is 4.74 Å². The molecule has 0 aliphatic rings. The van der Waals surface area contributed by atoms with Crippen LogP contribution in [-0.2, 0) is 0 Å². The van der Waals surface area contributed by atoms with Crippen LogP contribution in [0.15, 0.2) is 18.2 Å². The lowest BCUT2D eigenvalue weighted by Gasteiger charge is -2.28. The molecule has 0 aliphatic carbocycles. The number of methoxy groups -OCH3 is 1. The topological polar surface area (TPSA) is 35.2 Å². The van der Waals surface area contributed by atoms with Gasteiger partial charge in [-0.25, -0.2) is 0 Å². The van der Waals surface area contributed by atoms with Gasteiger partial charge in [-0.3, -0.25) is 0 Å². The van der Waals surface area contributed by atoms with E-state index < -0.39 is 0 Å². The molecule has 0 aromatic heterocycles. The van der Waals surface area contributed by atoms with Gasteiger partial charge in [0.2, 0.25) is 0 Å². The summed E-state index contributed by atoms with van der Waals surface area (Å²) in [6, 6.07) is 6.11. The molecule has 84 valence electrons. The quantitative estimate of drug-likeness (QED) is 0.809. The molecule has 1 aromatic rings. The van der Waals surface area contributed by atoms with Gasteiger partial charge >= 0.3 is 0 Å². The van der Waals surface area contributed by atoms with E-state index in [1.54, 1.807) is 7.11 Å². The van der Waals surface area contributed by atoms with Gasteiger partial charge in [0.05, 0.1) is 7.11 Å². The standard InChI is InChI=1S/C13H21NO/c1-9-8-10(15-5)6-7-11(9)12(14)13(2,3)4/h6-8,12H,14H2,1-5H3. The summed E-state index contributed by atoms with van der Waals surface area (Å²) in [5, 5.41) is 0. The number of hydrogen-bond acceptors (Lipinski definition) is 2. The molecule has 1 aromatic carbocycles. The van der Waals surface area contributed by atoms with Crippen LogP contribution in [0.1, 0.15) is 37.9 Å². The Bertz CT molecular complexity index is 339.